The van der Waals surface area contributed by atoms with E-state index in [0.29, 0.717) is 10.0 Å². The van der Waals surface area contributed by atoms with E-state index in [1.54, 1.807) is 36.4 Å². The average Bonchev–Trinajstić information content (AvgIpc) is 2.64. The van der Waals surface area contributed by atoms with Crippen molar-refractivity contribution >= 4 is 23.2 Å². The van der Waals surface area contributed by atoms with Crippen LogP contribution in [0.3, 0.4) is 0 Å². The molecule has 3 N–H and O–H groups in total. The minimum Gasteiger partial charge on any atom is -0.271 e. The number of halogens is 2. The minimum atomic E-state index is -0.328. The Labute approximate surface area is 109 Å². The average molecular weight is 272 g/mol. The number of hydrogen-bond acceptors (Lipinski definition) is 4. The lowest BCUT2D eigenvalue weighted by Gasteiger charge is -2.18. The lowest BCUT2D eigenvalue weighted by Crippen LogP contribution is -2.30. The van der Waals surface area contributed by atoms with Crippen molar-refractivity contribution in [2.75, 3.05) is 0 Å². The molecule has 2 aromatic heterocycles. The minimum absolute atomic E-state index is 0.328. The summed E-state index contributed by atoms with van der Waals surface area (Å²) in [5.41, 5.74) is 4.24. The molecule has 2 aromatic rings. The Balaban J connectivity index is 2.52. The number of nitrogens with one attached hydrogen (secondary N) is 1. The van der Waals surface area contributed by atoms with E-state index in [2.05, 4.69) is 15.5 Å². The molecule has 0 aliphatic carbocycles. The predicted molar refractivity (Wildman–Crippen MR) is 66.6 cm³/mol. The first-order valence-electron chi connectivity index (χ1n) is 4.88. The van der Waals surface area contributed by atoms with Crippen molar-refractivity contribution in [3.8, 4) is 0 Å². The monoisotopic (exact) mass is 271 g/mol. The highest BCUT2D eigenvalue weighted by Gasteiger charge is 2.21. The van der Waals surface area contributed by atoms with Crippen LogP contribution in [0.25, 0.3) is 0 Å². The molecule has 1 unspecified atom stereocenters. The summed E-state index contributed by atoms with van der Waals surface area (Å²) >= 11 is 12.2. The summed E-state index contributed by atoms with van der Waals surface area (Å²) in [4.78, 5) is 3.93. The molecule has 0 saturated carbocycles. The van der Waals surface area contributed by atoms with Gasteiger partial charge in [-0.15, -0.1) is 0 Å². The van der Waals surface area contributed by atoms with Crippen LogP contribution in [0, 0.1) is 0 Å². The van der Waals surface area contributed by atoms with E-state index < -0.39 is 0 Å². The molecular formula is C10H11Cl2N5. The number of nitrogens with two attached hydrogens (primary N) is 1. The zero-order chi connectivity index (χ0) is 12.4. The third kappa shape index (κ3) is 2.28. The quantitative estimate of drug-likeness (QED) is 0.658. The van der Waals surface area contributed by atoms with Gasteiger partial charge in [0.25, 0.3) is 0 Å². The number of aromatic nitrogens is 3. The molecule has 0 saturated heterocycles. The summed E-state index contributed by atoms with van der Waals surface area (Å²) in [6.45, 7) is 0. The summed E-state index contributed by atoms with van der Waals surface area (Å²) in [6.07, 6.45) is 4.78. The SMILES string of the molecule is Cn1ncc(Cl)c1C(NN)c1ccncc1Cl. The van der Waals surface area contributed by atoms with E-state index in [4.69, 9.17) is 29.0 Å². The third-order valence-electron chi connectivity index (χ3n) is 2.49. The zero-order valence-corrected chi connectivity index (χ0v) is 10.6. The van der Waals surface area contributed by atoms with Crippen molar-refractivity contribution in [2.24, 2.45) is 12.9 Å². The molecule has 7 heteroatoms. The van der Waals surface area contributed by atoms with Crippen LogP contribution in [-0.2, 0) is 7.05 Å². The predicted octanol–water partition coefficient (Wildman–Crippen LogP) is 1.67. The molecule has 2 heterocycles. The molecule has 17 heavy (non-hydrogen) atoms. The van der Waals surface area contributed by atoms with E-state index >= 15 is 0 Å². The Morgan fingerprint density at radius 1 is 1.35 bits per heavy atom. The number of pyridine rings is 1. The molecule has 0 aromatic carbocycles. The standard InChI is InChI=1S/C10H11Cl2N5/c1-17-10(8(12)5-15-17)9(16-13)6-2-3-14-4-7(6)11/h2-5,9,16H,13H2,1H3. The van der Waals surface area contributed by atoms with Crippen LogP contribution in [0.15, 0.2) is 24.7 Å². The zero-order valence-electron chi connectivity index (χ0n) is 9.06. The first kappa shape index (κ1) is 12.3. The van der Waals surface area contributed by atoms with Gasteiger partial charge >= 0.3 is 0 Å². The van der Waals surface area contributed by atoms with Gasteiger partial charge in [-0.05, 0) is 11.6 Å². The van der Waals surface area contributed by atoms with Gasteiger partial charge in [-0.1, -0.05) is 23.2 Å². The van der Waals surface area contributed by atoms with Gasteiger partial charge in [-0.2, -0.15) is 5.10 Å². The Bertz CT molecular complexity index is 506. The molecule has 0 aliphatic heterocycles. The van der Waals surface area contributed by atoms with Crippen molar-refractivity contribution in [1.82, 2.24) is 20.2 Å². The molecule has 2 rings (SSSR count). The van der Waals surface area contributed by atoms with Crippen molar-refractivity contribution in [3.63, 3.8) is 0 Å². The lowest BCUT2D eigenvalue weighted by molar-refractivity contribution is 0.575. The van der Waals surface area contributed by atoms with Crippen molar-refractivity contribution in [3.05, 3.63) is 46.0 Å². The van der Waals surface area contributed by atoms with Crippen LogP contribution in [0.5, 0.6) is 0 Å². The largest absolute Gasteiger partial charge is 0.271 e. The molecule has 0 fully saturated rings. The van der Waals surface area contributed by atoms with Gasteiger partial charge < -0.3 is 0 Å². The molecule has 0 amide bonds. The molecule has 0 aliphatic rings. The molecule has 0 radical (unpaired) electrons. The van der Waals surface area contributed by atoms with Crippen LogP contribution >= 0.6 is 23.2 Å². The summed E-state index contributed by atoms with van der Waals surface area (Å²) in [6, 6.07) is 1.46. The maximum Gasteiger partial charge on any atom is 0.0908 e. The van der Waals surface area contributed by atoms with Gasteiger partial charge in [0.2, 0.25) is 0 Å². The van der Waals surface area contributed by atoms with Gasteiger partial charge in [-0.3, -0.25) is 15.5 Å². The van der Waals surface area contributed by atoms with Gasteiger partial charge in [0.15, 0.2) is 0 Å². The van der Waals surface area contributed by atoms with Crippen LogP contribution in [0.1, 0.15) is 17.3 Å². The van der Waals surface area contributed by atoms with Crippen molar-refractivity contribution < 1.29 is 0 Å². The Morgan fingerprint density at radius 3 is 2.65 bits per heavy atom. The highest BCUT2D eigenvalue weighted by molar-refractivity contribution is 6.32. The fraction of sp³-hybridized carbons (Fsp3) is 0.200. The fourth-order valence-electron chi connectivity index (χ4n) is 1.68. The van der Waals surface area contributed by atoms with E-state index in [9.17, 15) is 0 Å². The topological polar surface area (TPSA) is 68.8 Å². The molecule has 1 atom stereocenters. The summed E-state index contributed by atoms with van der Waals surface area (Å²) in [5.74, 6) is 5.57. The number of aryl methyl sites for hydroxylation is 1. The Kier molecular flexibility index (Phi) is 3.63. The highest BCUT2D eigenvalue weighted by Crippen LogP contribution is 2.30. The van der Waals surface area contributed by atoms with Gasteiger partial charge in [-0.25, -0.2) is 5.43 Å². The number of rotatable bonds is 3. The Morgan fingerprint density at radius 2 is 2.12 bits per heavy atom. The first-order valence-corrected chi connectivity index (χ1v) is 5.63. The van der Waals surface area contributed by atoms with E-state index in [0.717, 1.165) is 11.3 Å². The first-order chi connectivity index (χ1) is 8.15. The maximum atomic E-state index is 6.09. The normalized spacial score (nSPS) is 12.7. The third-order valence-corrected chi connectivity index (χ3v) is 3.10. The molecule has 0 bridgehead atoms. The van der Waals surface area contributed by atoms with Crippen molar-refractivity contribution in [2.45, 2.75) is 6.04 Å². The summed E-state index contributed by atoms with van der Waals surface area (Å²) in [7, 11) is 1.79. The highest BCUT2D eigenvalue weighted by atomic mass is 35.5. The van der Waals surface area contributed by atoms with Crippen LogP contribution in [0.4, 0.5) is 0 Å². The second-order valence-electron chi connectivity index (χ2n) is 3.50. The van der Waals surface area contributed by atoms with Crippen LogP contribution in [-0.4, -0.2) is 14.8 Å². The summed E-state index contributed by atoms with van der Waals surface area (Å²) in [5, 5.41) is 5.12. The number of hydrazine groups is 1. The number of nitrogens with zero attached hydrogens (tertiary/aromatic N) is 3. The van der Waals surface area contributed by atoms with E-state index in [-0.39, 0.29) is 6.04 Å². The van der Waals surface area contributed by atoms with Crippen LogP contribution < -0.4 is 11.3 Å². The summed E-state index contributed by atoms with van der Waals surface area (Å²) < 4.78 is 1.66. The fourth-order valence-corrected chi connectivity index (χ4v) is 2.18. The maximum absolute atomic E-state index is 6.09. The van der Waals surface area contributed by atoms with E-state index in [1.165, 1.54) is 0 Å². The van der Waals surface area contributed by atoms with E-state index in [1.807, 2.05) is 0 Å². The van der Waals surface area contributed by atoms with Crippen LogP contribution in [0.2, 0.25) is 10.0 Å². The smallest absolute Gasteiger partial charge is 0.0908 e. The second-order valence-corrected chi connectivity index (χ2v) is 4.31. The molecule has 0 spiro atoms. The van der Waals surface area contributed by atoms with Gasteiger partial charge in [0.05, 0.1) is 28.0 Å². The van der Waals surface area contributed by atoms with Crippen molar-refractivity contribution in [1.29, 1.82) is 0 Å². The lowest BCUT2D eigenvalue weighted by atomic mass is 10.1. The molecular weight excluding hydrogens is 261 g/mol. The second kappa shape index (κ2) is 5.01. The molecule has 5 nitrogen and oxygen atoms in total. The molecule has 90 valence electrons. The van der Waals surface area contributed by atoms with Gasteiger partial charge in [0, 0.05) is 19.4 Å². The van der Waals surface area contributed by atoms with Gasteiger partial charge in [0.1, 0.15) is 0 Å². The Hall–Kier alpha value is -1.14. The number of hydrogen-bond donors (Lipinski definition) is 2.